The maximum atomic E-state index is 12.1. The molecular weight excluding hydrogens is 300 g/mol. The Bertz CT molecular complexity index is 496. The van der Waals surface area contributed by atoms with Crippen molar-refractivity contribution in [3.05, 3.63) is 0 Å². The van der Waals surface area contributed by atoms with Gasteiger partial charge in [-0.1, -0.05) is 0 Å². The number of amides is 1. The van der Waals surface area contributed by atoms with Crippen LogP contribution < -0.4 is 4.72 Å². The number of nitrogens with one attached hydrogen (secondary N) is 1. The lowest BCUT2D eigenvalue weighted by Crippen LogP contribution is -2.49. The van der Waals surface area contributed by atoms with E-state index in [1.54, 1.807) is 32.4 Å². The summed E-state index contributed by atoms with van der Waals surface area (Å²) < 4.78 is 36.7. The third-order valence-corrected chi connectivity index (χ3v) is 4.16. The van der Waals surface area contributed by atoms with Gasteiger partial charge < -0.3 is 9.47 Å². The van der Waals surface area contributed by atoms with Gasteiger partial charge in [0.1, 0.15) is 11.6 Å². The molecule has 1 N–H and O–H groups in total. The molecule has 1 rings (SSSR count). The molecule has 1 saturated heterocycles. The van der Waals surface area contributed by atoms with Crippen LogP contribution in [0.3, 0.4) is 0 Å². The summed E-state index contributed by atoms with van der Waals surface area (Å²) in [6, 6.07) is -0.920. The fourth-order valence-corrected chi connectivity index (χ4v) is 3.24. The zero-order valence-corrected chi connectivity index (χ0v) is 13.5. The number of hydrogen-bond donors (Lipinski definition) is 1. The molecule has 1 heterocycles. The summed E-state index contributed by atoms with van der Waals surface area (Å²) in [5.41, 5.74) is -0.705. The second kappa shape index (κ2) is 6.61. The molecule has 0 aromatic heterocycles. The molecule has 1 aliphatic rings. The molecule has 1 aliphatic heterocycles. The van der Waals surface area contributed by atoms with Gasteiger partial charge in [-0.05, 0) is 40.5 Å². The third kappa shape index (κ3) is 5.16. The fourth-order valence-electron chi connectivity index (χ4n) is 1.96. The Labute approximate surface area is 125 Å². The molecule has 0 aliphatic carbocycles. The number of nitrogens with zero attached hydrogens (tertiary/aromatic N) is 1. The van der Waals surface area contributed by atoms with E-state index in [9.17, 15) is 18.0 Å². The van der Waals surface area contributed by atoms with E-state index in [-0.39, 0.29) is 13.2 Å². The summed E-state index contributed by atoms with van der Waals surface area (Å²) in [5, 5.41) is 0. The van der Waals surface area contributed by atoms with Crippen molar-refractivity contribution in [3.8, 4) is 0 Å². The molecule has 0 aromatic carbocycles. The molecule has 8 nitrogen and oxygen atoms in total. The summed E-state index contributed by atoms with van der Waals surface area (Å²) in [7, 11) is -4.12. The monoisotopic (exact) mass is 322 g/mol. The molecule has 0 saturated carbocycles. The minimum atomic E-state index is -4.12. The van der Waals surface area contributed by atoms with Crippen LogP contribution in [0.1, 0.15) is 40.5 Å². The predicted octanol–water partition coefficient (Wildman–Crippen LogP) is 0.783. The van der Waals surface area contributed by atoms with Crippen molar-refractivity contribution in [2.45, 2.75) is 52.2 Å². The molecule has 0 unspecified atom stereocenters. The highest BCUT2D eigenvalue weighted by molar-refractivity contribution is 7.87. The molecule has 0 aromatic rings. The molecule has 1 atom stereocenters. The van der Waals surface area contributed by atoms with Crippen molar-refractivity contribution in [2.75, 3.05) is 13.2 Å². The molecule has 122 valence electrons. The second-order valence-electron chi connectivity index (χ2n) is 5.63. The van der Waals surface area contributed by atoms with Gasteiger partial charge in [-0.3, -0.25) is 4.79 Å². The van der Waals surface area contributed by atoms with Crippen LogP contribution in [0, 0.1) is 0 Å². The predicted molar refractivity (Wildman–Crippen MR) is 74.7 cm³/mol. The van der Waals surface area contributed by atoms with Gasteiger partial charge in [0, 0.05) is 6.54 Å². The first-order valence-corrected chi connectivity index (χ1v) is 8.20. The Hall–Kier alpha value is -1.35. The Morgan fingerprint density at radius 3 is 2.48 bits per heavy atom. The number of esters is 1. The van der Waals surface area contributed by atoms with Crippen molar-refractivity contribution < 1.29 is 27.5 Å². The van der Waals surface area contributed by atoms with Gasteiger partial charge in [0.25, 0.3) is 0 Å². The summed E-state index contributed by atoms with van der Waals surface area (Å²) in [6.07, 6.45) is -0.181. The van der Waals surface area contributed by atoms with E-state index in [0.29, 0.717) is 12.8 Å². The summed E-state index contributed by atoms with van der Waals surface area (Å²) in [4.78, 5) is 23.3. The minimum Gasteiger partial charge on any atom is -0.459 e. The maximum absolute atomic E-state index is 12.1. The van der Waals surface area contributed by atoms with Crippen LogP contribution in [-0.4, -0.2) is 49.6 Å². The molecule has 0 spiro atoms. The molecule has 0 radical (unpaired) electrons. The van der Waals surface area contributed by atoms with Crippen molar-refractivity contribution in [1.82, 2.24) is 9.03 Å². The summed E-state index contributed by atoms with van der Waals surface area (Å²) in [6.45, 7) is 6.88. The van der Waals surface area contributed by atoms with E-state index in [1.165, 1.54) is 0 Å². The van der Waals surface area contributed by atoms with E-state index >= 15 is 0 Å². The highest BCUT2D eigenvalue weighted by atomic mass is 32.2. The van der Waals surface area contributed by atoms with Gasteiger partial charge in [0.05, 0.1) is 6.61 Å². The highest BCUT2D eigenvalue weighted by Gasteiger charge is 2.41. The SMILES string of the molecule is CCOC(=O)NS(=O)(=O)N1CCC[C@@H]1C(=O)OC(C)(C)C. The van der Waals surface area contributed by atoms with Crippen LogP contribution in [0.4, 0.5) is 4.79 Å². The van der Waals surface area contributed by atoms with Crippen molar-refractivity contribution in [1.29, 1.82) is 0 Å². The normalized spacial score (nSPS) is 20.1. The van der Waals surface area contributed by atoms with Crippen molar-refractivity contribution >= 4 is 22.3 Å². The number of rotatable bonds is 4. The first kappa shape index (κ1) is 17.7. The number of carbonyl (C=O) groups excluding carboxylic acids is 2. The van der Waals surface area contributed by atoms with E-state index < -0.39 is 33.9 Å². The van der Waals surface area contributed by atoms with E-state index in [0.717, 1.165) is 4.31 Å². The number of carbonyl (C=O) groups is 2. The van der Waals surface area contributed by atoms with Gasteiger partial charge in [0.15, 0.2) is 0 Å². The Balaban J connectivity index is 2.81. The Morgan fingerprint density at radius 1 is 1.33 bits per heavy atom. The van der Waals surface area contributed by atoms with Gasteiger partial charge in [-0.15, -0.1) is 0 Å². The molecular formula is C12H22N2O6S. The van der Waals surface area contributed by atoms with Gasteiger partial charge in [-0.25, -0.2) is 9.52 Å². The summed E-state index contributed by atoms with van der Waals surface area (Å²) in [5.74, 6) is -0.616. The van der Waals surface area contributed by atoms with Gasteiger partial charge in [-0.2, -0.15) is 12.7 Å². The van der Waals surface area contributed by atoms with Crippen LogP contribution in [0.5, 0.6) is 0 Å². The van der Waals surface area contributed by atoms with E-state index in [1.807, 2.05) is 0 Å². The van der Waals surface area contributed by atoms with Gasteiger partial charge >= 0.3 is 22.3 Å². The largest absolute Gasteiger partial charge is 0.459 e. The molecule has 0 bridgehead atoms. The number of ether oxygens (including phenoxy) is 2. The van der Waals surface area contributed by atoms with Crippen molar-refractivity contribution in [3.63, 3.8) is 0 Å². The first-order valence-electron chi connectivity index (χ1n) is 6.76. The average Bonchev–Trinajstić information content (AvgIpc) is 2.75. The molecule has 1 fully saturated rings. The van der Waals surface area contributed by atoms with Crippen molar-refractivity contribution in [2.24, 2.45) is 0 Å². The minimum absolute atomic E-state index is 0.0524. The lowest BCUT2D eigenvalue weighted by Gasteiger charge is -2.26. The topological polar surface area (TPSA) is 102 Å². The lowest BCUT2D eigenvalue weighted by molar-refractivity contribution is -0.158. The second-order valence-corrected chi connectivity index (χ2v) is 7.25. The first-order chi connectivity index (χ1) is 9.57. The average molecular weight is 322 g/mol. The highest BCUT2D eigenvalue weighted by Crippen LogP contribution is 2.23. The van der Waals surface area contributed by atoms with Crippen LogP contribution in [0.2, 0.25) is 0 Å². The zero-order valence-electron chi connectivity index (χ0n) is 12.7. The Kier molecular flexibility index (Phi) is 5.57. The smallest absolute Gasteiger partial charge is 0.421 e. The summed E-state index contributed by atoms with van der Waals surface area (Å²) >= 11 is 0. The van der Waals surface area contributed by atoms with Crippen LogP contribution in [0.25, 0.3) is 0 Å². The standard InChI is InChI=1S/C12H22N2O6S/c1-5-19-11(16)13-21(17,18)14-8-6-7-9(14)10(15)20-12(2,3)4/h9H,5-8H2,1-4H3,(H,13,16)/t9-/m1/s1. The van der Waals surface area contributed by atoms with E-state index in [4.69, 9.17) is 4.74 Å². The lowest BCUT2D eigenvalue weighted by atomic mass is 10.2. The van der Waals surface area contributed by atoms with Crippen LogP contribution >= 0.6 is 0 Å². The van der Waals surface area contributed by atoms with E-state index in [2.05, 4.69) is 4.74 Å². The third-order valence-electron chi connectivity index (χ3n) is 2.68. The van der Waals surface area contributed by atoms with Crippen LogP contribution in [0.15, 0.2) is 0 Å². The van der Waals surface area contributed by atoms with Gasteiger partial charge in [0.2, 0.25) is 0 Å². The fraction of sp³-hybridized carbons (Fsp3) is 0.833. The molecule has 21 heavy (non-hydrogen) atoms. The maximum Gasteiger partial charge on any atom is 0.421 e. The van der Waals surface area contributed by atoms with Crippen LogP contribution in [-0.2, 0) is 24.5 Å². The number of hydrogen-bond acceptors (Lipinski definition) is 6. The Morgan fingerprint density at radius 2 is 1.95 bits per heavy atom. The molecule has 9 heteroatoms. The quantitative estimate of drug-likeness (QED) is 0.768. The zero-order chi connectivity index (χ0) is 16.3. The molecule has 1 amide bonds.